The zero-order chi connectivity index (χ0) is 30.1. The molecule has 0 saturated carbocycles. The average Bonchev–Trinajstić information content (AvgIpc) is 2.96. The van der Waals surface area contributed by atoms with Crippen molar-refractivity contribution in [1.29, 1.82) is 0 Å². The summed E-state index contributed by atoms with van der Waals surface area (Å²) in [6.45, 7) is 4.42. The molecule has 1 unspecified atom stereocenters. The first-order valence-corrected chi connectivity index (χ1v) is 16.4. The highest BCUT2D eigenvalue weighted by atomic mass is 16.5. The van der Waals surface area contributed by atoms with Crippen molar-refractivity contribution in [1.82, 2.24) is 0 Å². The largest absolute Gasteiger partial charge is 0.481 e. The molecular weight excluding hydrogens is 508 g/mol. The van der Waals surface area contributed by atoms with Gasteiger partial charge in [-0.05, 0) is 89.9 Å². The fourth-order valence-electron chi connectivity index (χ4n) is 4.14. The number of hydrogen-bond donors (Lipinski definition) is 1. The van der Waals surface area contributed by atoms with Gasteiger partial charge in [0, 0.05) is 6.42 Å². The van der Waals surface area contributed by atoms with Crippen LogP contribution < -0.4 is 0 Å². The molecule has 0 aromatic heterocycles. The third-order valence-electron chi connectivity index (χ3n) is 6.76. The summed E-state index contributed by atoms with van der Waals surface area (Å²) in [6, 6.07) is 0. The minimum absolute atomic E-state index is 0.0350. The highest BCUT2D eigenvalue weighted by Gasteiger charge is 2.19. The first kappa shape index (κ1) is 38.4. The molecule has 1 atom stereocenters. The molecule has 4 heteroatoms. The van der Waals surface area contributed by atoms with E-state index in [0.717, 1.165) is 57.8 Å². The van der Waals surface area contributed by atoms with E-state index >= 15 is 0 Å². The van der Waals surface area contributed by atoms with Gasteiger partial charge in [0.25, 0.3) is 0 Å². The second kappa shape index (κ2) is 31.9. The average molecular weight is 569 g/mol. The van der Waals surface area contributed by atoms with Gasteiger partial charge in [-0.25, -0.2) is 0 Å². The van der Waals surface area contributed by atoms with E-state index in [1.807, 2.05) is 0 Å². The molecule has 0 aliphatic rings. The number of hydrogen-bond acceptors (Lipinski definition) is 3. The monoisotopic (exact) mass is 568 g/mol. The molecular formula is C37H60O4. The van der Waals surface area contributed by atoms with Crippen LogP contribution in [0.2, 0.25) is 0 Å². The highest BCUT2D eigenvalue weighted by Crippen LogP contribution is 2.12. The summed E-state index contributed by atoms with van der Waals surface area (Å²) in [4.78, 5) is 23.6. The number of aliphatic carboxylic acids is 1. The van der Waals surface area contributed by atoms with Crippen molar-refractivity contribution in [2.45, 2.75) is 136 Å². The Hall–Kier alpha value is -2.62. The van der Waals surface area contributed by atoms with Crippen LogP contribution in [0.3, 0.4) is 0 Å². The van der Waals surface area contributed by atoms with Crippen molar-refractivity contribution < 1.29 is 19.4 Å². The summed E-state index contributed by atoms with van der Waals surface area (Å²) in [6.07, 6.45) is 45.3. The number of carboxylic acid groups (broad SMARTS) is 1. The Balaban J connectivity index is 3.81. The quantitative estimate of drug-likeness (QED) is 0.0579. The molecule has 0 aliphatic heterocycles. The van der Waals surface area contributed by atoms with E-state index in [9.17, 15) is 14.7 Å². The molecule has 0 aliphatic carbocycles. The van der Waals surface area contributed by atoms with Crippen molar-refractivity contribution in [3.05, 3.63) is 72.9 Å². The number of unbranched alkanes of at least 4 members (excludes halogenated alkanes) is 9. The minimum atomic E-state index is -0.894. The summed E-state index contributed by atoms with van der Waals surface area (Å²) >= 11 is 0. The van der Waals surface area contributed by atoms with Gasteiger partial charge in [0.15, 0.2) is 0 Å². The van der Waals surface area contributed by atoms with Gasteiger partial charge < -0.3 is 9.84 Å². The van der Waals surface area contributed by atoms with E-state index in [4.69, 9.17) is 4.74 Å². The summed E-state index contributed by atoms with van der Waals surface area (Å²) in [5.41, 5.74) is 0. The standard InChI is InChI=1S/C37H60O4/c1-3-5-7-9-11-13-15-17-19-21-23-25-27-29-31-33-36(38)41-34-35(37(39)40)32-30-28-26-24-22-20-18-16-14-12-10-8-6-4-2/h11-14,17-20,23-26,35H,3-10,15-16,21-22,27-34H2,1-2H3,(H,39,40)/b13-11-,14-12-,19-17-,20-18-,25-23-,26-24-. The van der Waals surface area contributed by atoms with Crippen molar-refractivity contribution in [3.8, 4) is 0 Å². The maximum atomic E-state index is 12.0. The van der Waals surface area contributed by atoms with Gasteiger partial charge in [0.2, 0.25) is 0 Å². The predicted molar refractivity (Wildman–Crippen MR) is 176 cm³/mol. The Morgan fingerprint density at radius 3 is 1.37 bits per heavy atom. The molecule has 0 aromatic rings. The normalized spacial score (nSPS) is 13.2. The summed E-state index contributed by atoms with van der Waals surface area (Å²) < 4.78 is 5.27. The molecule has 41 heavy (non-hydrogen) atoms. The van der Waals surface area contributed by atoms with Gasteiger partial charge in [-0.3, -0.25) is 9.59 Å². The van der Waals surface area contributed by atoms with Crippen LogP contribution in [0.15, 0.2) is 72.9 Å². The molecule has 0 fully saturated rings. The van der Waals surface area contributed by atoms with Gasteiger partial charge in [-0.2, -0.15) is 0 Å². The smallest absolute Gasteiger partial charge is 0.309 e. The van der Waals surface area contributed by atoms with Crippen LogP contribution >= 0.6 is 0 Å². The number of esters is 1. The van der Waals surface area contributed by atoms with Crippen LogP contribution in [0, 0.1) is 5.92 Å². The van der Waals surface area contributed by atoms with Crippen LogP contribution in [0.5, 0.6) is 0 Å². The predicted octanol–water partition coefficient (Wildman–Crippen LogP) is 11.0. The van der Waals surface area contributed by atoms with E-state index in [1.54, 1.807) is 0 Å². The lowest BCUT2D eigenvalue weighted by Gasteiger charge is -2.12. The number of carbonyl (C=O) groups is 2. The highest BCUT2D eigenvalue weighted by molar-refractivity contribution is 5.72. The molecule has 0 rings (SSSR count). The fourth-order valence-corrected chi connectivity index (χ4v) is 4.14. The molecule has 1 N–H and O–H groups in total. The van der Waals surface area contributed by atoms with Crippen molar-refractivity contribution in [2.24, 2.45) is 5.92 Å². The molecule has 0 spiro atoms. The van der Waals surface area contributed by atoms with E-state index < -0.39 is 11.9 Å². The zero-order valence-electron chi connectivity index (χ0n) is 26.3. The van der Waals surface area contributed by atoms with Crippen LogP contribution in [-0.2, 0) is 14.3 Å². The Bertz CT molecular complexity index is 785. The van der Waals surface area contributed by atoms with E-state index in [2.05, 4.69) is 86.8 Å². The summed E-state index contributed by atoms with van der Waals surface area (Å²) in [5.74, 6) is -1.83. The van der Waals surface area contributed by atoms with Crippen LogP contribution in [0.25, 0.3) is 0 Å². The Kier molecular flexibility index (Phi) is 29.9. The Morgan fingerprint density at radius 1 is 0.561 bits per heavy atom. The second-order valence-electron chi connectivity index (χ2n) is 10.7. The van der Waals surface area contributed by atoms with E-state index in [1.165, 1.54) is 51.4 Å². The molecule has 0 aromatic carbocycles. The summed E-state index contributed by atoms with van der Waals surface area (Å²) in [5, 5.41) is 9.47. The second-order valence-corrected chi connectivity index (χ2v) is 10.7. The van der Waals surface area contributed by atoms with E-state index in [0.29, 0.717) is 12.8 Å². The first-order valence-electron chi connectivity index (χ1n) is 16.4. The SMILES string of the molecule is CCCCC/C=C\C/C=C\C/C=C\CCCCC(=O)OCC(CCC/C=C\C/C=C\C/C=C\CCCCC)C(=O)O. The fraction of sp³-hybridized carbons (Fsp3) is 0.622. The number of carbonyl (C=O) groups excluding carboxylic acids is 1. The Morgan fingerprint density at radius 2 is 0.951 bits per heavy atom. The summed E-state index contributed by atoms with van der Waals surface area (Å²) in [7, 11) is 0. The van der Waals surface area contributed by atoms with Crippen molar-refractivity contribution in [3.63, 3.8) is 0 Å². The lowest BCUT2D eigenvalue weighted by atomic mass is 10.0. The molecule has 0 radical (unpaired) electrons. The van der Waals surface area contributed by atoms with Gasteiger partial charge >= 0.3 is 11.9 Å². The van der Waals surface area contributed by atoms with E-state index in [-0.39, 0.29) is 12.6 Å². The minimum Gasteiger partial charge on any atom is -0.481 e. The molecule has 0 amide bonds. The van der Waals surface area contributed by atoms with Crippen LogP contribution in [-0.4, -0.2) is 23.7 Å². The lowest BCUT2D eigenvalue weighted by molar-refractivity contribution is -0.151. The van der Waals surface area contributed by atoms with Crippen molar-refractivity contribution >= 4 is 11.9 Å². The number of ether oxygens (including phenoxy) is 1. The van der Waals surface area contributed by atoms with Gasteiger partial charge in [0.05, 0.1) is 5.92 Å². The molecule has 0 bridgehead atoms. The van der Waals surface area contributed by atoms with Gasteiger partial charge in [-0.1, -0.05) is 112 Å². The molecule has 0 heterocycles. The van der Waals surface area contributed by atoms with Crippen LogP contribution in [0.1, 0.15) is 136 Å². The lowest BCUT2D eigenvalue weighted by Crippen LogP contribution is -2.22. The number of allylic oxidation sites excluding steroid dienone is 12. The van der Waals surface area contributed by atoms with Crippen LogP contribution in [0.4, 0.5) is 0 Å². The first-order chi connectivity index (χ1) is 20.1. The third kappa shape index (κ3) is 30.2. The third-order valence-corrected chi connectivity index (χ3v) is 6.76. The zero-order valence-corrected chi connectivity index (χ0v) is 26.3. The van der Waals surface area contributed by atoms with Gasteiger partial charge in [0.1, 0.15) is 6.61 Å². The maximum absolute atomic E-state index is 12.0. The molecule has 232 valence electrons. The Labute approximate surface area is 252 Å². The van der Waals surface area contributed by atoms with Gasteiger partial charge in [-0.15, -0.1) is 0 Å². The number of carboxylic acids is 1. The number of rotatable bonds is 28. The molecule has 0 saturated heterocycles. The topological polar surface area (TPSA) is 63.6 Å². The molecule has 4 nitrogen and oxygen atoms in total. The maximum Gasteiger partial charge on any atom is 0.309 e. The van der Waals surface area contributed by atoms with Crippen molar-refractivity contribution in [2.75, 3.05) is 6.61 Å².